The maximum Gasteiger partial charge on any atom is 0.330 e. The smallest absolute Gasteiger partial charge is 0.330 e. The highest BCUT2D eigenvalue weighted by molar-refractivity contribution is 5.88. The molecule has 0 fully saturated rings. The third kappa shape index (κ3) is 3.65. The molecule has 5 nitrogen and oxygen atoms in total. The van der Waals surface area contributed by atoms with E-state index in [9.17, 15) is 14.7 Å². The molecule has 3 rings (SSSR count). The number of benzene rings is 2. The van der Waals surface area contributed by atoms with Crippen molar-refractivity contribution in [2.75, 3.05) is 6.61 Å². The van der Waals surface area contributed by atoms with Crippen molar-refractivity contribution in [1.29, 1.82) is 0 Å². The van der Waals surface area contributed by atoms with Gasteiger partial charge in [-0.1, -0.05) is 43.3 Å². The first-order chi connectivity index (χ1) is 12.1. The van der Waals surface area contributed by atoms with Crippen molar-refractivity contribution in [3.63, 3.8) is 0 Å². The number of amides is 1. The number of hydrogen-bond acceptors (Lipinski definition) is 3. The first-order valence-electron chi connectivity index (χ1n) is 8.44. The fourth-order valence-electron chi connectivity index (χ4n) is 3.17. The summed E-state index contributed by atoms with van der Waals surface area (Å²) >= 11 is 0. The van der Waals surface area contributed by atoms with Crippen LogP contribution in [0.4, 0.5) is 0 Å². The van der Waals surface area contributed by atoms with Crippen molar-refractivity contribution >= 4 is 11.9 Å². The average Bonchev–Trinajstić information content (AvgIpc) is 3.08. The van der Waals surface area contributed by atoms with E-state index in [1.54, 1.807) is 12.1 Å². The Morgan fingerprint density at radius 1 is 1.16 bits per heavy atom. The van der Waals surface area contributed by atoms with Crippen molar-refractivity contribution < 1.29 is 19.4 Å². The molecule has 1 aliphatic rings. The number of fused-ring (bicyclic) bond motifs is 1. The highest BCUT2D eigenvalue weighted by Crippen LogP contribution is 2.29. The third-order valence-electron chi connectivity index (χ3n) is 4.51. The van der Waals surface area contributed by atoms with E-state index in [-0.39, 0.29) is 11.8 Å². The lowest BCUT2D eigenvalue weighted by Crippen LogP contribution is -2.36. The Morgan fingerprint density at radius 2 is 1.92 bits per heavy atom. The molecule has 5 heteroatoms. The molecule has 2 aromatic rings. The van der Waals surface area contributed by atoms with Crippen molar-refractivity contribution in [3.05, 3.63) is 65.2 Å². The first-order valence-corrected chi connectivity index (χ1v) is 8.44. The van der Waals surface area contributed by atoms with E-state index in [4.69, 9.17) is 4.74 Å². The number of carbonyl (C=O) groups is 2. The zero-order valence-corrected chi connectivity index (χ0v) is 14.1. The van der Waals surface area contributed by atoms with Crippen LogP contribution in [0.25, 0.3) is 0 Å². The molecule has 25 heavy (non-hydrogen) atoms. The standard InChI is InChI=1S/C20H21NO4/c1-2-16(13-6-4-3-5-7-13)19(22)21-18(20(23)24)15-8-9-17-14(12-15)10-11-25-17/h3-9,12,16,18H,2,10-11H2,1H3,(H,21,22)(H,23,24). The Kier molecular flexibility index (Phi) is 5.03. The Bertz CT molecular complexity index is 773. The number of carboxylic acids is 1. The van der Waals surface area contributed by atoms with Gasteiger partial charge in [-0.15, -0.1) is 0 Å². The van der Waals surface area contributed by atoms with Gasteiger partial charge in [0.1, 0.15) is 5.75 Å². The minimum atomic E-state index is -1.07. The van der Waals surface area contributed by atoms with Gasteiger partial charge < -0.3 is 15.2 Å². The lowest BCUT2D eigenvalue weighted by Gasteiger charge is -2.20. The van der Waals surface area contributed by atoms with E-state index >= 15 is 0 Å². The molecule has 2 N–H and O–H groups in total. The summed E-state index contributed by atoms with van der Waals surface area (Å²) in [7, 11) is 0. The van der Waals surface area contributed by atoms with Gasteiger partial charge in [0.05, 0.1) is 12.5 Å². The van der Waals surface area contributed by atoms with Gasteiger partial charge in [-0.3, -0.25) is 4.79 Å². The second-order valence-corrected chi connectivity index (χ2v) is 6.12. The summed E-state index contributed by atoms with van der Waals surface area (Å²) in [6.45, 7) is 2.52. The maximum atomic E-state index is 12.7. The van der Waals surface area contributed by atoms with Gasteiger partial charge in [0.25, 0.3) is 0 Å². The number of hydrogen-bond donors (Lipinski definition) is 2. The highest BCUT2D eigenvalue weighted by Gasteiger charge is 2.27. The lowest BCUT2D eigenvalue weighted by atomic mass is 9.94. The van der Waals surface area contributed by atoms with E-state index in [0.29, 0.717) is 18.6 Å². The van der Waals surface area contributed by atoms with Crippen LogP contribution in [0.15, 0.2) is 48.5 Å². The van der Waals surface area contributed by atoms with Gasteiger partial charge in [-0.25, -0.2) is 4.79 Å². The summed E-state index contributed by atoms with van der Waals surface area (Å²) in [5, 5.41) is 12.3. The zero-order valence-electron chi connectivity index (χ0n) is 14.1. The molecule has 0 saturated carbocycles. The lowest BCUT2D eigenvalue weighted by molar-refractivity contribution is -0.142. The number of carbonyl (C=O) groups excluding carboxylic acids is 1. The third-order valence-corrected chi connectivity index (χ3v) is 4.51. The number of rotatable bonds is 6. The van der Waals surface area contributed by atoms with Gasteiger partial charge in [0.15, 0.2) is 6.04 Å². The predicted octanol–water partition coefficient (Wildman–Crippen LogP) is 3.06. The van der Waals surface area contributed by atoms with Crippen LogP contribution >= 0.6 is 0 Å². The number of aliphatic carboxylic acids is 1. The summed E-state index contributed by atoms with van der Waals surface area (Å²) in [5.74, 6) is -0.941. The molecule has 130 valence electrons. The van der Waals surface area contributed by atoms with E-state index in [0.717, 1.165) is 23.3 Å². The maximum absolute atomic E-state index is 12.7. The summed E-state index contributed by atoms with van der Waals surface area (Å²) in [6, 6.07) is 13.6. The van der Waals surface area contributed by atoms with E-state index in [2.05, 4.69) is 5.32 Å². The molecule has 1 heterocycles. The van der Waals surface area contributed by atoms with Gasteiger partial charge in [-0.05, 0) is 35.2 Å². The van der Waals surface area contributed by atoms with Crippen LogP contribution in [0.2, 0.25) is 0 Å². The topological polar surface area (TPSA) is 75.6 Å². The molecule has 1 amide bonds. The monoisotopic (exact) mass is 339 g/mol. The molecule has 0 aliphatic carbocycles. The first kappa shape index (κ1) is 17.0. The number of ether oxygens (including phenoxy) is 1. The SMILES string of the molecule is CCC(C(=O)NC(C(=O)O)c1ccc2c(c1)CCO2)c1ccccc1. The van der Waals surface area contributed by atoms with Crippen LogP contribution in [0.1, 0.15) is 42.0 Å². The minimum absolute atomic E-state index is 0.280. The molecular formula is C20H21NO4. The van der Waals surface area contributed by atoms with E-state index < -0.39 is 12.0 Å². The summed E-state index contributed by atoms with van der Waals surface area (Å²) < 4.78 is 5.45. The van der Waals surface area contributed by atoms with Gasteiger partial charge in [0.2, 0.25) is 5.91 Å². The largest absolute Gasteiger partial charge is 0.493 e. The summed E-state index contributed by atoms with van der Waals surface area (Å²) in [5.41, 5.74) is 2.43. The van der Waals surface area contributed by atoms with Crippen LogP contribution in [0.3, 0.4) is 0 Å². The molecule has 1 aliphatic heterocycles. The summed E-state index contributed by atoms with van der Waals surface area (Å²) in [4.78, 5) is 24.4. The fraction of sp³-hybridized carbons (Fsp3) is 0.300. The number of nitrogens with one attached hydrogen (secondary N) is 1. The molecule has 2 unspecified atom stereocenters. The second-order valence-electron chi connectivity index (χ2n) is 6.12. The van der Waals surface area contributed by atoms with Gasteiger partial charge >= 0.3 is 5.97 Å². The van der Waals surface area contributed by atoms with Crippen molar-refractivity contribution in [2.45, 2.75) is 31.7 Å². The second kappa shape index (κ2) is 7.38. The normalized spacial score (nSPS) is 14.9. The van der Waals surface area contributed by atoms with Gasteiger partial charge in [0, 0.05) is 6.42 Å². The minimum Gasteiger partial charge on any atom is -0.493 e. The van der Waals surface area contributed by atoms with Crippen LogP contribution in [-0.4, -0.2) is 23.6 Å². The van der Waals surface area contributed by atoms with Crippen LogP contribution in [-0.2, 0) is 16.0 Å². The van der Waals surface area contributed by atoms with Crippen molar-refractivity contribution in [3.8, 4) is 5.75 Å². The molecule has 0 radical (unpaired) electrons. The van der Waals surface area contributed by atoms with Gasteiger partial charge in [-0.2, -0.15) is 0 Å². The molecule has 0 saturated heterocycles. The molecule has 0 aromatic heterocycles. The Labute approximate surface area is 146 Å². The molecule has 2 atom stereocenters. The summed E-state index contributed by atoms with van der Waals surface area (Å²) in [6.07, 6.45) is 1.35. The predicted molar refractivity (Wildman–Crippen MR) is 93.6 cm³/mol. The Balaban J connectivity index is 1.82. The molecule has 2 aromatic carbocycles. The Hall–Kier alpha value is -2.82. The van der Waals surface area contributed by atoms with E-state index in [1.807, 2.05) is 43.3 Å². The number of carboxylic acid groups (broad SMARTS) is 1. The van der Waals surface area contributed by atoms with E-state index in [1.165, 1.54) is 0 Å². The Morgan fingerprint density at radius 3 is 2.60 bits per heavy atom. The van der Waals surface area contributed by atoms with Crippen molar-refractivity contribution in [1.82, 2.24) is 5.32 Å². The molecular weight excluding hydrogens is 318 g/mol. The van der Waals surface area contributed by atoms with Crippen LogP contribution in [0.5, 0.6) is 5.75 Å². The van der Waals surface area contributed by atoms with Crippen LogP contribution in [0, 0.1) is 0 Å². The average molecular weight is 339 g/mol. The quantitative estimate of drug-likeness (QED) is 0.848. The van der Waals surface area contributed by atoms with Crippen LogP contribution < -0.4 is 10.1 Å². The fourth-order valence-corrected chi connectivity index (χ4v) is 3.17. The van der Waals surface area contributed by atoms with Crippen molar-refractivity contribution in [2.24, 2.45) is 0 Å². The highest BCUT2D eigenvalue weighted by atomic mass is 16.5. The molecule has 0 bridgehead atoms. The molecule has 0 spiro atoms. The zero-order chi connectivity index (χ0) is 17.8.